The fourth-order valence-electron chi connectivity index (χ4n) is 2.43. The molecule has 0 radical (unpaired) electrons. The summed E-state index contributed by atoms with van der Waals surface area (Å²) in [5.41, 5.74) is 1.94. The predicted octanol–water partition coefficient (Wildman–Crippen LogP) is 2.55. The second kappa shape index (κ2) is 2.95. The summed E-state index contributed by atoms with van der Waals surface area (Å²) in [5.74, 6) is -0.215. The summed E-state index contributed by atoms with van der Waals surface area (Å²) in [6.45, 7) is 0. The molecule has 16 heavy (non-hydrogen) atoms. The molecule has 0 amide bonds. The van der Waals surface area contributed by atoms with E-state index in [2.05, 4.69) is 0 Å². The molecule has 0 fully saturated rings. The second-order valence-corrected chi connectivity index (χ2v) is 4.00. The number of aromatic hydroxyl groups is 1. The van der Waals surface area contributed by atoms with Gasteiger partial charge in [0.1, 0.15) is 0 Å². The molecule has 2 aromatic rings. The van der Waals surface area contributed by atoms with Crippen LogP contribution in [0, 0.1) is 10.1 Å². The maximum Gasteiger partial charge on any atom is 0.311 e. The van der Waals surface area contributed by atoms with Gasteiger partial charge in [-0.15, -0.1) is 0 Å². The van der Waals surface area contributed by atoms with Gasteiger partial charge in [0.15, 0.2) is 0 Å². The lowest BCUT2D eigenvalue weighted by Gasteiger charge is -2.04. The average Bonchev–Trinajstić information content (AvgIpc) is 2.67. The van der Waals surface area contributed by atoms with Gasteiger partial charge in [0.2, 0.25) is 5.75 Å². The Kier molecular flexibility index (Phi) is 1.68. The predicted molar refractivity (Wildman–Crippen MR) is 59.7 cm³/mol. The molecule has 0 aromatic heterocycles. The van der Waals surface area contributed by atoms with Crippen LogP contribution in [0.5, 0.6) is 5.75 Å². The van der Waals surface area contributed by atoms with Gasteiger partial charge < -0.3 is 5.11 Å². The van der Waals surface area contributed by atoms with Gasteiger partial charge in [0.05, 0.1) is 4.92 Å². The van der Waals surface area contributed by atoms with Crippen LogP contribution in [-0.4, -0.2) is 10.0 Å². The molecule has 0 heterocycles. The highest BCUT2D eigenvalue weighted by molar-refractivity contribution is 5.97. The van der Waals surface area contributed by atoms with Gasteiger partial charge in [-0.3, -0.25) is 10.1 Å². The molecule has 0 saturated carbocycles. The van der Waals surface area contributed by atoms with Crippen LogP contribution in [0.3, 0.4) is 0 Å². The number of aryl methyl sites for hydroxylation is 2. The number of phenols is 1. The van der Waals surface area contributed by atoms with Crippen LogP contribution in [0.1, 0.15) is 11.1 Å². The first kappa shape index (κ1) is 9.15. The van der Waals surface area contributed by atoms with E-state index in [-0.39, 0.29) is 11.4 Å². The zero-order chi connectivity index (χ0) is 11.3. The molecular formula is C12H9NO3. The lowest BCUT2D eigenvalue weighted by molar-refractivity contribution is -0.385. The molecule has 3 rings (SSSR count). The minimum atomic E-state index is -0.531. The summed E-state index contributed by atoms with van der Waals surface area (Å²) in [6, 6.07) is 7.06. The molecule has 4 nitrogen and oxygen atoms in total. The van der Waals surface area contributed by atoms with Gasteiger partial charge in [-0.25, -0.2) is 0 Å². The third kappa shape index (κ3) is 1.04. The van der Waals surface area contributed by atoms with E-state index in [1.165, 1.54) is 6.07 Å². The number of nitro benzene ring substituents is 1. The van der Waals surface area contributed by atoms with Gasteiger partial charge >= 0.3 is 5.69 Å². The van der Waals surface area contributed by atoms with Crippen molar-refractivity contribution in [3.05, 3.63) is 45.5 Å². The van der Waals surface area contributed by atoms with E-state index in [4.69, 9.17) is 0 Å². The number of rotatable bonds is 1. The number of phenolic OH excluding ortho intramolecular Hbond substituents is 1. The standard InChI is InChI=1S/C12H9NO3/c14-12-9-3-1-2-7-4-5-8(11(7)9)6-10(12)13(15)16/h1-3,6,14H,4-5H2. The molecule has 0 saturated heterocycles. The maximum absolute atomic E-state index is 10.8. The maximum atomic E-state index is 10.8. The van der Waals surface area contributed by atoms with Crippen molar-refractivity contribution in [2.75, 3.05) is 0 Å². The number of nitrogens with zero attached hydrogens (tertiary/aromatic N) is 1. The molecule has 2 aromatic carbocycles. The minimum absolute atomic E-state index is 0.193. The monoisotopic (exact) mass is 215 g/mol. The Morgan fingerprint density at radius 1 is 1.25 bits per heavy atom. The first-order valence-corrected chi connectivity index (χ1v) is 5.09. The quantitative estimate of drug-likeness (QED) is 0.587. The summed E-state index contributed by atoms with van der Waals surface area (Å²) >= 11 is 0. The van der Waals surface area contributed by atoms with Crippen molar-refractivity contribution < 1.29 is 10.0 Å². The zero-order valence-electron chi connectivity index (χ0n) is 8.43. The van der Waals surface area contributed by atoms with Crippen molar-refractivity contribution >= 4 is 16.5 Å². The van der Waals surface area contributed by atoms with E-state index in [0.717, 1.165) is 29.4 Å². The summed E-state index contributed by atoms with van der Waals surface area (Å²) in [4.78, 5) is 10.3. The van der Waals surface area contributed by atoms with Crippen molar-refractivity contribution in [2.45, 2.75) is 12.8 Å². The topological polar surface area (TPSA) is 63.4 Å². The number of benzene rings is 2. The largest absolute Gasteiger partial charge is 0.502 e. The summed E-state index contributed by atoms with van der Waals surface area (Å²) in [7, 11) is 0. The number of hydrogen-bond donors (Lipinski definition) is 1. The van der Waals surface area contributed by atoms with Crippen LogP contribution in [0.4, 0.5) is 5.69 Å². The molecule has 0 unspecified atom stereocenters. The molecule has 80 valence electrons. The van der Waals surface area contributed by atoms with Crippen molar-refractivity contribution in [3.8, 4) is 5.75 Å². The van der Waals surface area contributed by atoms with Gasteiger partial charge in [-0.1, -0.05) is 18.2 Å². The van der Waals surface area contributed by atoms with Gasteiger partial charge in [-0.05, 0) is 29.4 Å². The molecule has 0 spiro atoms. The first-order valence-electron chi connectivity index (χ1n) is 5.09. The molecule has 0 aliphatic heterocycles. The molecule has 1 aliphatic rings. The Bertz CT molecular complexity index is 619. The van der Waals surface area contributed by atoms with Crippen LogP contribution < -0.4 is 0 Å². The Morgan fingerprint density at radius 2 is 2.00 bits per heavy atom. The zero-order valence-corrected chi connectivity index (χ0v) is 8.43. The van der Waals surface area contributed by atoms with Crippen molar-refractivity contribution in [3.63, 3.8) is 0 Å². The van der Waals surface area contributed by atoms with Crippen molar-refractivity contribution in [2.24, 2.45) is 0 Å². The van der Waals surface area contributed by atoms with Crippen LogP contribution in [0.25, 0.3) is 10.8 Å². The molecule has 1 aliphatic carbocycles. The fourth-order valence-corrected chi connectivity index (χ4v) is 2.43. The average molecular weight is 215 g/mol. The van der Waals surface area contributed by atoms with E-state index in [0.29, 0.717) is 5.39 Å². The molecule has 4 heteroatoms. The Hall–Kier alpha value is -2.10. The Balaban J connectivity index is 2.48. The third-order valence-corrected chi connectivity index (χ3v) is 3.14. The van der Waals surface area contributed by atoms with E-state index >= 15 is 0 Å². The highest BCUT2D eigenvalue weighted by Gasteiger charge is 2.23. The lowest BCUT2D eigenvalue weighted by Crippen LogP contribution is -1.91. The second-order valence-electron chi connectivity index (χ2n) is 4.00. The normalized spacial score (nSPS) is 13.2. The molecule has 0 atom stereocenters. The van der Waals surface area contributed by atoms with Gasteiger partial charge in [0.25, 0.3) is 0 Å². The molecule has 1 N–H and O–H groups in total. The summed E-state index contributed by atoms with van der Waals surface area (Å²) < 4.78 is 0. The van der Waals surface area contributed by atoms with Crippen LogP contribution >= 0.6 is 0 Å². The SMILES string of the molecule is O=[N+]([O-])c1cc2c3c(cccc3c1O)CC2. The number of hydrogen-bond acceptors (Lipinski definition) is 3. The van der Waals surface area contributed by atoms with Gasteiger partial charge in [0, 0.05) is 11.5 Å². The third-order valence-electron chi connectivity index (χ3n) is 3.14. The summed E-state index contributed by atoms with van der Waals surface area (Å²) in [6.07, 6.45) is 1.71. The van der Waals surface area contributed by atoms with Crippen LogP contribution in [0.15, 0.2) is 24.3 Å². The highest BCUT2D eigenvalue weighted by Crippen LogP contribution is 2.41. The van der Waals surface area contributed by atoms with Crippen LogP contribution in [0.2, 0.25) is 0 Å². The van der Waals surface area contributed by atoms with Crippen molar-refractivity contribution in [1.82, 2.24) is 0 Å². The van der Waals surface area contributed by atoms with Gasteiger partial charge in [-0.2, -0.15) is 0 Å². The molecule has 0 bridgehead atoms. The van der Waals surface area contributed by atoms with E-state index in [9.17, 15) is 15.2 Å². The number of nitro groups is 1. The van der Waals surface area contributed by atoms with E-state index in [1.807, 2.05) is 12.1 Å². The fraction of sp³-hybridized carbons (Fsp3) is 0.167. The summed E-state index contributed by atoms with van der Waals surface area (Å²) in [5, 5.41) is 22.2. The Morgan fingerprint density at radius 3 is 2.75 bits per heavy atom. The van der Waals surface area contributed by atoms with E-state index in [1.54, 1.807) is 6.07 Å². The Labute approximate surface area is 91.3 Å². The minimum Gasteiger partial charge on any atom is -0.502 e. The van der Waals surface area contributed by atoms with Crippen molar-refractivity contribution in [1.29, 1.82) is 0 Å². The first-order chi connectivity index (χ1) is 7.68. The smallest absolute Gasteiger partial charge is 0.311 e. The van der Waals surface area contributed by atoms with E-state index < -0.39 is 4.92 Å². The van der Waals surface area contributed by atoms with Crippen LogP contribution in [-0.2, 0) is 12.8 Å². The highest BCUT2D eigenvalue weighted by atomic mass is 16.6. The molecular weight excluding hydrogens is 206 g/mol. The lowest BCUT2D eigenvalue weighted by atomic mass is 10.0.